The predicted molar refractivity (Wildman–Crippen MR) is 85.9 cm³/mol. The zero-order valence-corrected chi connectivity index (χ0v) is 13.5. The van der Waals surface area contributed by atoms with E-state index in [-0.39, 0.29) is 37.7 Å². The van der Waals surface area contributed by atoms with Gasteiger partial charge in [0.05, 0.1) is 13.7 Å². The van der Waals surface area contributed by atoms with Crippen LogP contribution < -0.4 is 14.8 Å². The fraction of sp³-hybridized carbons (Fsp3) is 0.588. The molecule has 0 aliphatic heterocycles. The third kappa shape index (κ3) is 4.59. The van der Waals surface area contributed by atoms with E-state index in [1.807, 2.05) is 0 Å². The zero-order valence-electron chi connectivity index (χ0n) is 13.5. The molecular weight excluding hydrogens is 298 g/mol. The molecule has 0 heterocycles. The van der Waals surface area contributed by atoms with Gasteiger partial charge in [0.25, 0.3) is 5.91 Å². The van der Waals surface area contributed by atoms with Crippen molar-refractivity contribution in [2.75, 3.05) is 26.9 Å². The Morgan fingerprint density at radius 3 is 2.74 bits per heavy atom. The van der Waals surface area contributed by atoms with E-state index in [2.05, 4.69) is 5.32 Å². The van der Waals surface area contributed by atoms with Crippen LogP contribution in [-0.4, -0.2) is 49.1 Å². The van der Waals surface area contributed by atoms with Crippen LogP contribution in [0.1, 0.15) is 36.0 Å². The lowest BCUT2D eigenvalue weighted by atomic mass is 9.85. The summed E-state index contributed by atoms with van der Waals surface area (Å²) in [5, 5.41) is 21.3. The molecule has 0 saturated heterocycles. The second-order valence-corrected chi connectivity index (χ2v) is 5.74. The fourth-order valence-electron chi connectivity index (χ4n) is 2.95. The number of carbonyl (C=O) groups excluding carboxylic acids is 1. The molecule has 1 aliphatic rings. The van der Waals surface area contributed by atoms with E-state index in [1.165, 1.54) is 7.11 Å². The Morgan fingerprint density at radius 1 is 1.26 bits per heavy atom. The van der Waals surface area contributed by atoms with Crippen LogP contribution in [0, 0.1) is 5.92 Å². The summed E-state index contributed by atoms with van der Waals surface area (Å²) in [6.07, 6.45) is 3.99. The zero-order chi connectivity index (χ0) is 16.7. The fourth-order valence-corrected chi connectivity index (χ4v) is 2.95. The largest absolute Gasteiger partial charge is 0.493 e. The van der Waals surface area contributed by atoms with Crippen molar-refractivity contribution in [3.05, 3.63) is 23.8 Å². The predicted octanol–water partition coefficient (Wildman–Crippen LogP) is 1.35. The molecule has 1 saturated carbocycles. The maximum Gasteiger partial charge on any atom is 0.251 e. The SMILES string of the molecule is COc1ccc(C(=O)N[C@@H]2CCCC[C@@H]2CO)cc1OCCO. The Bertz CT molecular complexity index is 520. The lowest BCUT2D eigenvalue weighted by Crippen LogP contribution is -2.43. The maximum atomic E-state index is 12.5. The van der Waals surface area contributed by atoms with E-state index in [1.54, 1.807) is 18.2 Å². The van der Waals surface area contributed by atoms with Crippen molar-refractivity contribution < 1.29 is 24.5 Å². The molecule has 0 unspecified atom stereocenters. The highest BCUT2D eigenvalue weighted by Crippen LogP contribution is 2.29. The van der Waals surface area contributed by atoms with Gasteiger partial charge in [0.1, 0.15) is 6.61 Å². The highest BCUT2D eigenvalue weighted by Gasteiger charge is 2.26. The number of hydrogen-bond donors (Lipinski definition) is 3. The molecule has 1 aromatic rings. The molecule has 2 rings (SSSR count). The van der Waals surface area contributed by atoms with Gasteiger partial charge in [0.2, 0.25) is 0 Å². The third-order valence-electron chi connectivity index (χ3n) is 4.23. The summed E-state index contributed by atoms with van der Waals surface area (Å²) in [6.45, 7) is 0.120. The van der Waals surface area contributed by atoms with E-state index < -0.39 is 0 Å². The summed E-state index contributed by atoms with van der Waals surface area (Å²) < 4.78 is 10.6. The average Bonchev–Trinajstić information content (AvgIpc) is 2.60. The molecule has 1 aromatic carbocycles. The van der Waals surface area contributed by atoms with E-state index in [9.17, 15) is 9.90 Å². The molecule has 1 aliphatic carbocycles. The van der Waals surface area contributed by atoms with Crippen LogP contribution in [-0.2, 0) is 0 Å². The summed E-state index contributed by atoms with van der Waals surface area (Å²) in [5.74, 6) is 0.875. The number of nitrogens with one attached hydrogen (secondary N) is 1. The third-order valence-corrected chi connectivity index (χ3v) is 4.23. The van der Waals surface area contributed by atoms with Gasteiger partial charge in [-0.1, -0.05) is 12.8 Å². The number of hydrogen-bond acceptors (Lipinski definition) is 5. The van der Waals surface area contributed by atoms with Crippen LogP contribution >= 0.6 is 0 Å². The molecule has 0 radical (unpaired) electrons. The number of benzene rings is 1. The van der Waals surface area contributed by atoms with Gasteiger partial charge >= 0.3 is 0 Å². The van der Waals surface area contributed by atoms with Gasteiger partial charge in [-0.15, -0.1) is 0 Å². The molecule has 128 valence electrons. The normalized spacial score (nSPS) is 20.8. The molecule has 0 aromatic heterocycles. The summed E-state index contributed by atoms with van der Waals surface area (Å²) in [5.41, 5.74) is 0.473. The molecule has 23 heavy (non-hydrogen) atoms. The molecule has 2 atom stereocenters. The van der Waals surface area contributed by atoms with Crippen LogP contribution in [0.5, 0.6) is 11.5 Å². The van der Waals surface area contributed by atoms with Gasteiger partial charge in [-0.25, -0.2) is 0 Å². The summed E-state index contributed by atoms with van der Waals surface area (Å²) >= 11 is 0. The van der Waals surface area contributed by atoms with Crippen LogP contribution in [0.3, 0.4) is 0 Å². The second kappa shape index (κ2) is 8.74. The maximum absolute atomic E-state index is 12.5. The average molecular weight is 323 g/mol. The Hall–Kier alpha value is -1.79. The molecule has 6 heteroatoms. The van der Waals surface area contributed by atoms with Crippen molar-refractivity contribution in [2.45, 2.75) is 31.7 Å². The number of carbonyl (C=O) groups is 1. The first-order valence-corrected chi connectivity index (χ1v) is 8.03. The smallest absolute Gasteiger partial charge is 0.251 e. The molecule has 1 fully saturated rings. The first kappa shape index (κ1) is 17.6. The van der Waals surface area contributed by atoms with Crippen molar-refractivity contribution >= 4 is 5.91 Å². The lowest BCUT2D eigenvalue weighted by molar-refractivity contribution is 0.0872. The van der Waals surface area contributed by atoms with Crippen molar-refractivity contribution in [2.24, 2.45) is 5.92 Å². The van der Waals surface area contributed by atoms with Crippen LogP contribution in [0.25, 0.3) is 0 Å². The molecule has 0 spiro atoms. The van der Waals surface area contributed by atoms with Gasteiger partial charge in [-0.05, 0) is 31.0 Å². The Morgan fingerprint density at radius 2 is 2.04 bits per heavy atom. The number of ether oxygens (including phenoxy) is 2. The minimum atomic E-state index is -0.188. The summed E-state index contributed by atoms with van der Waals surface area (Å²) in [7, 11) is 1.52. The summed E-state index contributed by atoms with van der Waals surface area (Å²) in [4.78, 5) is 12.5. The van der Waals surface area contributed by atoms with Gasteiger partial charge in [-0.2, -0.15) is 0 Å². The van der Waals surface area contributed by atoms with Crippen molar-refractivity contribution in [3.8, 4) is 11.5 Å². The number of aliphatic hydroxyl groups excluding tert-OH is 2. The van der Waals surface area contributed by atoms with Crippen molar-refractivity contribution in [1.29, 1.82) is 0 Å². The minimum Gasteiger partial charge on any atom is -0.493 e. The standard InChI is InChI=1S/C17H25NO5/c1-22-15-7-6-12(10-16(15)23-9-8-19)17(21)18-14-5-3-2-4-13(14)11-20/h6-7,10,13-14,19-20H,2-5,8-9,11H2,1H3,(H,18,21)/t13-,14-/m1/s1. The molecule has 1 amide bonds. The number of amides is 1. The molecule has 3 N–H and O–H groups in total. The van der Waals surface area contributed by atoms with Crippen LogP contribution in [0.2, 0.25) is 0 Å². The molecule has 6 nitrogen and oxygen atoms in total. The Labute approximate surface area is 136 Å². The topological polar surface area (TPSA) is 88.0 Å². The van der Waals surface area contributed by atoms with Gasteiger partial charge < -0.3 is 25.0 Å². The van der Waals surface area contributed by atoms with Crippen molar-refractivity contribution in [1.82, 2.24) is 5.32 Å². The quantitative estimate of drug-likeness (QED) is 0.705. The lowest BCUT2D eigenvalue weighted by Gasteiger charge is -2.30. The van der Waals surface area contributed by atoms with E-state index in [4.69, 9.17) is 14.6 Å². The van der Waals surface area contributed by atoms with Gasteiger partial charge in [-0.3, -0.25) is 4.79 Å². The first-order chi connectivity index (χ1) is 11.2. The number of aliphatic hydroxyl groups is 2. The molecule has 0 bridgehead atoms. The monoisotopic (exact) mass is 323 g/mol. The minimum absolute atomic E-state index is 0.00478. The summed E-state index contributed by atoms with van der Waals surface area (Å²) in [6, 6.07) is 4.97. The van der Waals surface area contributed by atoms with E-state index >= 15 is 0 Å². The van der Waals surface area contributed by atoms with E-state index in [0.717, 1.165) is 25.7 Å². The molecular formula is C17H25NO5. The van der Waals surface area contributed by atoms with Crippen molar-refractivity contribution in [3.63, 3.8) is 0 Å². The van der Waals surface area contributed by atoms with Gasteiger partial charge in [0, 0.05) is 24.1 Å². The Kier molecular flexibility index (Phi) is 6.67. The number of methoxy groups -OCH3 is 1. The van der Waals surface area contributed by atoms with E-state index in [0.29, 0.717) is 17.1 Å². The van der Waals surface area contributed by atoms with Crippen LogP contribution in [0.15, 0.2) is 18.2 Å². The highest BCUT2D eigenvalue weighted by molar-refractivity contribution is 5.95. The Balaban J connectivity index is 2.08. The highest BCUT2D eigenvalue weighted by atomic mass is 16.5. The van der Waals surface area contributed by atoms with Crippen LogP contribution in [0.4, 0.5) is 0 Å². The second-order valence-electron chi connectivity index (χ2n) is 5.74. The first-order valence-electron chi connectivity index (χ1n) is 8.03. The van der Waals surface area contributed by atoms with Gasteiger partial charge in [0.15, 0.2) is 11.5 Å². The number of rotatable bonds is 7.